The van der Waals surface area contributed by atoms with E-state index in [0.717, 1.165) is 34.5 Å². The van der Waals surface area contributed by atoms with Gasteiger partial charge in [-0.3, -0.25) is 0 Å². The maximum atomic E-state index is 6.50. The van der Waals surface area contributed by atoms with Gasteiger partial charge in [0.25, 0.3) is 0 Å². The van der Waals surface area contributed by atoms with E-state index in [1.807, 2.05) is 19.1 Å². The number of hydrogen-bond acceptors (Lipinski definition) is 4. The fourth-order valence-electron chi connectivity index (χ4n) is 3.94. The number of imidazole rings is 1. The van der Waals surface area contributed by atoms with Crippen LogP contribution >= 0.6 is 23.2 Å². The summed E-state index contributed by atoms with van der Waals surface area (Å²) >= 11 is 12.6. The fourth-order valence-corrected chi connectivity index (χ4v) is 4.44. The zero-order valence-electron chi connectivity index (χ0n) is 16.8. The molecule has 1 saturated heterocycles. The minimum absolute atomic E-state index is 0.553. The maximum Gasteiger partial charge on any atom is 0.214 e. The molecule has 0 atom stereocenters. The Morgan fingerprint density at radius 1 is 1.21 bits per heavy atom. The first-order chi connectivity index (χ1) is 14.0. The first-order valence-corrected chi connectivity index (χ1v) is 10.9. The number of pyridine rings is 1. The minimum Gasteiger partial charge on any atom is -0.478 e. The normalized spacial score (nSPS) is 15.9. The largest absolute Gasteiger partial charge is 0.478 e. The van der Waals surface area contributed by atoms with Gasteiger partial charge in [-0.05, 0) is 76.4 Å². The van der Waals surface area contributed by atoms with Crippen LogP contribution < -0.4 is 4.74 Å². The molecule has 1 fully saturated rings. The molecule has 0 amide bonds. The van der Waals surface area contributed by atoms with Crippen LogP contribution in [0.25, 0.3) is 22.4 Å². The molecule has 7 heteroatoms. The highest BCUT2D eigenvalue weighted by molar-refractivity contribution is 6.33. The number of halogens is 2. The standard InChI is InChI=1S/C22H26Cl2N4O/c1-14-10-16(23)11-19-21(14)27-22(26-19)17-13-25-20(12-18(17)24)29-9-3-4-15-5-7-28(2)8-6-15/h10-13,15H,3-9H2,1-2H3,(H,26,27). The lowest BCUT2D eigenvalue weighted by molar-refractivity contribution is 0.199. The Labute approximate surface area is 181 Å². The molecule has 5 nitrogen and oxygen atoms in total. The molecule has 3 heterocycles. The highest BCUT2D eigenvalue weighted by Crippen LogP contribution is 2.31. The first-order valence-electron chi connectivity index (χ1n) is 10.1. The van der Waals surface area contributed by atoms with Crippen molar-refractivity contribution in [2.75, 3.05) is 26.7 Å². The number of ether oxygens (including phenoxy) is 1. The van der Waals surface area contributed by atoms with Gasteiger partial charge in [-0.15, -0.1) is 0 Å². The third-order valence-corrected chi connectivity index (χ3v) is 6.20. The zero-order chi connectivity index (χ0) is 20.4. The van der Waals surface area contributed by atoms with E-state index >= 15 is 0 Å². The molecule has 3 aromatic rings. The molecule has 0 radical (unpaired) electrons. The summed E-state index contributed by atoms with van der Waals surface area (Å²) in [6.45, 7) is 5.06. The molecule has 1 N–H and O–H groups in total. The van der Waals surface area contributed by atoms with Crippen molar-refractivity contribution in [1.29, 1.82) is 0 Å². The molecule has 29 heavy (non-hydrogen) atoms. The molecule has 1 aliphatic rings. The van der Waals surface area contributed by atoms with Crippen molar-refractivity contribution >= 4 is 34.2 Å². The van der Waals surface area contributed by atoms with E-state index in [4.69, 9.17) is 27.9 Å². The van der Waals surface area contributed by atoms with Gasteiger partial charge in [-0.1, -0.05) is 23.2 Å². The van der Waals surface area contributed by atoms with Crippen LogP contribution in [0.1, 0.15) is 31.2 Å². The van der Waals surface area contributed by atoms with Crippen molar-refractivity contribution in [3.05, 3.63) is 40.0 Å². The van der Waals surface area contributed by atoms with Gasteiger partial charge in [0.1, 0.15) is 5.82 Å². The third kappa shape index (κ3) is 4.85. The van der Waals surface area contributed by atoms with Crippen molar-refractivity contribution in [3.8, 4) is 17.3 Å². The highest BCUT2D eigenvalue weighted by atomic mass is 35.5. The van der Waals surface area contributed by atoms with E-state index in [1.54, 1.807) is 12.3 Å². The predicted molar refractivity (Wildman–Crippen MR) is 119 cm³/mol. The number of hydrogen-bond donors (Lipinski definition) is 1. The van der Waals surface area contributed by atoms with E-state index in [1.165, 1.54) is 32.4 Å². The van der Waals surface area contributed by atoms with Crippen LogP contribution in [0.2, 0.25) is 10.0 Å². The van der Waals surface area contributed by atoms with Gasteiger partial charge < -0.3 is 14.6 Å². The summed E-state index contributed by atoms with van der Waals surface area (Å²) in [7, 11) is 2.19. The number of aromatic nitrogens is 3. The summed E-state index contributed by atoms with van der Waals surface area (Å²) in [5, 5.41) is 1.24. The Bertz CT molecular complexity index is 996. The number of rotatable bonds is 6. The number of aryl methyl sites for hydroxylation is 1. The first kappa shape index (κ1) is 20.5. The predicted octanol–water partition coefficient (Wildman–Crippen LogP) is 5.74. The summed E-state index contributed by atoms with van der Waals surface area (Å²) < 4.78 is 5.83. The van der Waals surface area contributed by atoms with Gasteiger partial charge >= 0.3 is 0 Å². The minimum atomic E-state index is 0.553. The number of H-pyrrole nitrogens is 1. The summed E-state index contributed by atoms with van der Waals surface area (Å²) in [6, 6.07) is 5.53. The van der Waals surface area contributed by atoms with E-state index in [2.05, 4.69) is 26.9 Å². The molecule has 0 spiro atoms. The van der Waals surface area contributed by atoms with Gasteiger partial charge in [0.2, 0.25) is 5.88 Å². The summed E-state index contributed by atoms with van der Waals surface area (Å²) in [4.78, 5) is 14.8. The number of fused-ring (bicyclic) bond motifs is 1. The second-order valence-electron chi connectivity index (χ2n) is 7.94. The summed E-state index contributed by atoms with van der Waals surface area (Å²) in [6.07, 6.45) is 6.54. The lowest BCUT2D eigenvalue weighted by Crippen LogP contribution is -2.30. The van der Waals surface area contributed by atoms with Gasteiger partial charge in [0.05, 0.1) is 28.2 Å². The molecule has 0 bridgehead atoms. The maximum absolute atomic E-state index is 6.50. The Morgan fingerprint density at radius 3 is 2.76 bits per heavy atom. The van der Waals surface area contributed by atoms with E-state index in [0.29, 0.717) is 28.4 Å². The van der Waals surface area contributed by atoms with Crippen molar-refractivity contribution in [2.45, 2.75) is 32.6 Å². The molecular formula is C22H26Cl2N4O. The Morgan fingerprint density at radius 2 is 2.00 bits per heavy atom. The average molecular weight is 433 g/mol. The fraction of sp³-hybridized carbons (Fsp3) is 0.455. The Hall–Kier alpha value is -1.82. The van der Waals surface area contributed by atoms with Crippen LogP contribution in [0.5, 0.6) is 5.88 Å². The van der Waals surface area contributed by atoms with Crippen LogP contribution in [0.3, 0.4) is 0 Å². The molecule has 0 saturated carbocycles. The van der Waals surface area contributed by atoms with Crippen LogP contribution in [0.4, 0.5) is 0 Å². The smallest absolute Gasteiger partial charge is 0.214 e. The molecule has 1 aliphatic heterocycles. The number of benzene rings is 1. The van der Waals surface area contributed by atoms with Gasteiger partial charge in [-0.2, -0.15) is 0 Å². The number of likely N-dealkylation sites (tertiary alicyclic amines) is 1. The number of nitrogens with one attached hydrogen (secondary N) is 1. The average Bonchev–Trinajstić information content (AvgIpc) is 3.11. The van der Waals surface area contributed by atoms with Crippen molar-refractivity contribution in [1.82, 2.24) is 19.9 Å². The second kappa shape index (κ2) is 8.90. The van der Waals surface area contributed by atoms with Gasteiger partial charge in [0, 0.05) is 17.3 Å². The molecule has 4 rings (SSSR count). The molecule has 154 valence electrons. The Kier molecular flexibility index (Phi) is 6.28. The number of nitrogens with zero attached hydrogens (tertiary/aromatic N) is 3. The molecule has 0 unspecified atom stereocenters. The monoisotopic (exact) mass is 432 g/mol. The lowest BCUT2D eigenvalue weighted by atomic mass is 9.93. The van der Waals surface area contributed by atoms with Crippen LogP contribution in [-0.4, -0.2) is 46.6 Å². The second-order valence-corrected chi connectivity index (χ2v) is 8.79. The van der Waals surface area contributed by atoms with E-state index in [9.17, 15) is 0 Å². The third-order valence-electron chi connectivity index (χ3n) is 5.67. The van der Waals surface area contributed by atoms with Crippen molar-refractivity contribution < 1.29 is 4.74 Å². The Balaban J connectivity index is 1.37. The van der Waals surface area contributed by atoms with Crippen LogP contribution in [0.15, 0.2) is 24.4 Å². The quantitative estimate of drug-likeness (QED) is 0.504. The molecule has 1 aromatic carbocycles. The summed E-state index contributed by atoms with van der Waals surface area (Å²) in [5.74, 6) is 2.05. The number of piperidine rings is 1. The zero-order valence-corrected chi connectivity index (χ0v) is 18.4. The highest BCUT2D eigenvalue weighted by Gasteiger charge is 2.16. The molecular weight excluding hydrogens is 407 g/mol. The lowest BCUT2D eigenvalue weighted by Gasteiger charge is -2.28. The van der Waals surface area contributed by atoms with Gasteiger partial charge in [-0.25, -0.2) is 9.97 Å². The topological polar surface area (TPSA) is 54.0 Å². The van der Waals surface area contributed by atoms with Crippen molar-refractivity contribution in [2.24, 2.45) is 5.92 Å². The molecule has 0 aliphatic carbocycles. The van der Waals surface area contributed by atoms with E-state index < -0.39 is 0 Å². The van der Waals surface area contributed by atoms with Gasteiger partial charge in [0.15, 0.2) is 0 Å². The van der Waals surface area contributed by atoms with Crippen LogP contribution in [0, 0.1) is 12.8 Å². The SMILES string of the molecule is Cc1cc(Cl)cc2[nH]c(-c3cnc(OCCCC4CCN(C)CC4)cc3Cl)nc12. The van der Waals surface area contributed by atoms with Crippen LogP contribution in [-0.2, 0) is 0 Å². The van der Waals surface area contributed by atoms with Crippen molar-refractivity contribution in [3.63, 3.8) is 0 Å². The van der Waals surface area contributed by atoms with E-state index in [-0.39, 0.29) is 0 Å². The molecule has 2 aromatic heterocycles. The summed E-state index contributed by atoms with van der Waals surface area (Å²) in [5.41, 5.74) is 3.53. The number of aromatic amines is 1.